The second-order valence-electron chi connectivity index (χ2n) is 8.40. The minimum absolute atomic E-state index is 0.0664. The predicted molar refractivity (Wildman–Crippen MR) is 125 cm³/mol. The SMILES string of the molecule is C/C=C(/C)C(=C(C)C)c1cc2nc(n1)NS(=O)c1cccc(c1)CN1CCCC(C1)O2. The highest BCUT2D eigenvalue weighted by Gasteiger charge is 2.24. The van der Waals surface area contributed by atoms with Gasteiger partial charge in [-0.3, -0.25) is 9.62 Å². The van der Waals surface area contributed by atoms with Crippen molar-refractivity contribution in [1.29, 1.82) is 0 Å². The highest BCUT2D eigenvalue weighted by molar-refractivity contribution is 7.86. The number of allylic oxidation sites excluding steroid dienone is 4. The molecule has 0 aliphatic carbocycles. The summed E-state index contributed by atoms with van der Waals surface area (Å²) in [5.41, 5.74) is 5.26. The summed E-state index contributed by atoms with van der Waals surface area (Å²) in [4.78, 5) is 12.4. The molecule has 3 heterocycles. The molecule has 164 valence electrons. The van der Waals surface area contributed by atoms with Crippen LogP contribution in [0.15, 0.2) is 52.4 Å². The lowest BCUT2D eigenvalue weighted by molar-refractivity contribution is 0.0809. The highest BCUT2D eigenvalue weighted by atomic mass is 32.2. The lowest BCUT2D eigenvalue weighted by atomic mass is 9.99. The lowest BCUT2D eigenvalue weighted by Gasteiger charge is -2.32. The molecule has 31 heavy (non-hydrogen) atoms. The number of aromatic nitrogens is 2. The Labute approximate surface area is 187 Å². The summed E-state index contributed by atoms with van der Waals surface area (Å²) in [6.07, 6.45) is 4.21. The van der Waals surface area contributed by atoms with Gasteiger partial charge in [0.1, 0.15) is 6.10 Å². The molecular formula is C24H30N4O2S. The van der Waals surface area contributed by atoms with E-state index in [9.17, 15) is 4.21 Å². The van der Waals surface area contributed by atoms with Crippen molar-refractivity contribution in [3.63, 3.8) is 0 Å². The molecule has 2 aliphatic rings. The van der Waals surface area contributed by atoms with Gasteiger partial charge in [0.2, 0.25) is 11.8 Å². The molecule has 2 aliphatic heterocycles. The molecule has 0 saturated carbocycles. The van der Waals surface area contributed by atoms with E-state index >= 15 is 0 Å². The Morgan fingerprint density at radius 3 is 2.87 bits per heavy atom. The molecular weight excluding hydrogens is 408 g/mol. The Kier molecular flexibility index (Phi) is 6.53. The fourth-order valence-corrected chi connectivity index (χ4v) is 5.07. The molecule has 0 radical (unpaired) electrons. The Bertz CT molecular complexity index is 1060. The summed E-state index contributed by atoms with van der Waals surface area (Å²) in [5, 5.41) is 0. The number of nitrogens with zero attached hydrogens (tertiary/aromatic N) is 3. The first-order valence-corrected chi connectivity index (χ1v) is 11.9. The molecule has 1 N–H and O–H groups in total. The van der Waals surface area contributed by atoms with Crippen molar-refractivity contribution in [2.45, 2.75) is 58.1 Å². The molecule has 1 aromatic heterocycles. The summed E-state index contributed by atoms with van der Waals surface area (Å²) in [7, 11) is -1.47. The van der Waals surface area contributed by atoms with E-state index in [0.717, 1.165) is 60.5 Å². The minimum Gasteiger partial charge on any atom is -0.473 e. The van der Waals surface area contributed by atoms with Crippen molar-refractivity contribution in [3.05, 3.63) is 58.8 Å². The van der Waals surface area contributed by atoms with E-state index in [1.807, 2.05) is 31.2 Å². The number of benzene rings is 1. The van der Waals surface area contributed by atoms with Crippen molar-refractivity contribution in [1.82, 2.24) is 14.9 Å². The molecule has 7 heteroatoms. The number of piperidine rings is 1. The Balaban J connectivity index is 1.81. The normalized spacial score (nSPS) is 23.4. The van der Waals surface area contributed by atoms with Crippen LogP contribution in [0.4, 0.5) is 5.95 Å². The van der Waals surface area contributed by atoms with Crippen LogP contribution in [-0.2, 0) is 17.5 Å². The fourth-order valence-electron chi connectivity index (χ4n) is 4.24. The monoisotopic (exact) mass is 438 g/mol. The highest BCUT2D eigenvalue weighted by Crippen LogP contribution is 2.29. The van der Waals surface area contributed by atoms with Crippen molar-refractivity contribution in [2.24, 2.45) is 0 Å². The van der Waals surface area contributed by atoms with Crippen LogP contribution >= 0.6 is 0 Å². The molecule has 1 aromatic carbocycles. The number of nitrogens with one attached hydrogen (secondary N) is 1. The summed E-state index contributed by atoms with van der Waals surface area (Å²) in [5.74, 6) is 0.829. The first-order chi connectivity index (χ1) is 14.9. The van der Waals surface area contributed by atoms with Gasteiger partial charge in [0.05, 0.1) is 10.6 Å². The Hall–Kier alpha value is -2.51. The zero-order valence-corrected chi connectivity index (χ0v) is 19.5. The molecule has 3 atom stereocenters. The first-order valence-electron chi connectivity index (χ1n) is 10.8. The number of fused-ring (bicyclic) bond motifs is 6. The molecule has 6 nitrogen and oxygen atoms in total. The molecule has 1 fully saturated rings. The fraction of sp³-hybridized carbons (Fsp3) is 0.417. The van der Waals surface area contributed by atoms with Gasteiger partial charge in [-0.25, -0.2) is 9.19 Å². The molecule has 2 aromatic rings. The van der Waals surface area contributed by atoms with E-state index < -0.39 is 11.0 Å². The molecule has 1 saturated heterocycles. The third-order valence-electron chi connectivity index (χ3n) is 5.74. The third-order valence-corrected chi connectivity index (χ3v) is 6.79. The van der Waals surface area contributed by atoms with E-state index in [-0.39, 0.29) is 6.10 Å². The van der Waals surface area contributed by atoms with Crippen molar-refractivity contribution < 1.29 is 8.95 Å². The Morgan fingerprint density at radius 2 is 2.10 bits per heavy atom. The van der Waals surface area contributed by atoms with Crippen LogP contribution in [0.25, 0.3) is 5.57 Å². The van der Waals surface area contributed by atoms with E-state index in [2.05, 4.69) is 47.5 Å². The third kappa shape index (κ3) is 5.05. The van der Waals surface area contributed by atoms with Gasteiger partial charge in [0, 0.05) is 24.7 Å². The number of anilines is 1. The summed E-state index contributed by atoms with van der Waals surface area (Å²) in [6, 6.07) is 9.82. The Morgan fingerprint density at radius 1 is 1.26 bits per heavy atom. The van der Waals surface area contributed by atoms with Crippen LogP contribution < -0.4 is 9.46 Å². The molecule has 0 amide bonds. The van der Waals surface area contributed by atoms with Crippen molar-refractivity contribution in [2.75, 3.05) is 17.8 Å². The number of hydrogen-bond acceptors (Lipinski definition) is 5. The van der Waals surface area contributed by atoms with Crippen LogP contribution in [-0.4, -0.2) is 38.3 Å². The topological polar surface area (TPSA) is 67.4 Å². The summed E-state index contributed by atoms with van der Waals surface area (Å²) >= 11 is 0. The minimum atomic E-state index is -1.47. The standard InChI is InChI=1S/C24H30N4O2S/c1-5-17(4)23(16(2)3)21-13-22-26-24(25-21)27-31(29)20-10-6-8-18(12-20)14-28-11-7-9-19(15-28)30-22/h5-6,8,10,12-13,19H,7,9,11,14-15H2,1-4H3,(H,25,26,27)/b17-5-. The van der Waals surface area contributed by atoms with Crippen LogP contribution in [0.1, 0.15) is 51.8 Å². The smallest absolute Gasteiger partial charge is 0.238 e. The van der Waals surface area contributed by atoms with Gasteiger partial charge in [-0.15, -0.1) is 0 Å². The maximum atomic E-state index is 13.1. The van der Waals surface area contributed by atoms with Crippen LogP contribution in [0, 0.1) is 0 Å². The summed E-state index contributed by atoms with van der Waals surface area (Å²) in [6.45, 7) is 10.9. The van der Waals surface area contributed by atoms with Crippen molar-refractivity contribution >= 4 is 22.5 Å². The molecule has 4 rings (SSSR count). The largest absolute Gasteiger partial charge is 0.473 e. The number of hydrogen-bond donors (Lipinski definition) is 1. The number of rotatable bonds is 2. The van der Waals surface area contributed by atoms with Crippen molar-refractivity contribution in [3.8, 4) is 5.88 Å². The maximum Gasteiger partial charge on any atom is 0.238 e. The summed E-state index contributed by atoms with van der Waals surface area (Å²) < 4.78 is 22.4. The van der Waals surface area contributed by atoms with E-state index in [4.69, 9.17) is 9.72 Å². The van der Waals surface area contributed by atoms with Crippen LogP contribution in [0.3, 0.4) is 0 Å². The number of ether oxygens (including phenoxy) is 1. The van der Waals surface area contributed by atoms with Gasteiger partial charge in [0.25, 0.3) is 0 Å². The van der Waals surface area contributed by atoms with E-state index in [0.29, 0.717) is 16.7 Å². The van der Waals surface area contributed by atoms with Gasteiger partial charge < -0.3 is 4.74 Å². The zero-order chi connectivity index (χ0) is 22.0. The van der Waals surface area contributed by atoms with Gasteiger partial charge in [-0.05, 0) is 70.4 Å². The average molecular weight is 439 g/mol. The molecule has 0 spiro atoms. The first kappa shape index (κ1) is 21.7. The van der Waals surface area contributed by atoms with Gasteiger partial charge in [0.15, 0.2) is 11.0 Å². The van der Waals surface area contributed by atoms with Crippen LogP contribution in [0.2, 0.25) is 0 Å². The molecule has 3 unspecified atom stereocenters. The van der Waals surface area contributed by atoms with E-state index in [1.165, 1.54) is 0 Å². The maximum absolute atomic E-state index is 13.1. The average Bonchev–Trinajstić information content (AvgIpc) is 2.73. The van der Waals surface area contributed by atoms with Gasteiger partial charge in [-0.2, -0.15) is 4.98 Å². The quantitative estimate of drug-likeness (QED) is 0.687. The van der Waals surface area contributed by atoms with E-state index in [1.54, 1.807) is 0 Å². The second-order valence-corrected chi connectivity index (χ2v) is 9.61. The second kappa shape index (κ2) is 9.32. The van der Waals surface area contributed by atoms with Gasteiger partial charge >= 0.3 is 0 Å². The lowest BCUT2D eigenvalue weighted by Crippen LogP contribution is -2.40. The van der Waals surface area contributed by atoms with Crippen LogP contribution in [0.5, 0.6) is 5.88 Å². The zero-order valence-electron chi connectivity index (χ0n) is 18.6. The predicted octanol–water partition coefficient (Wildman–Crippen LogP) is 4.73. The molecule has 6 bridgehead atoms. The van der Waals surface area contributed by atoms with Gasteiger partial charge in [-0.1, -0.05) is 23.8 Å².